The second-order valence-corrected chi connectivity index (χ2v) is 25.4. The molecule has 1 fully saturated rings. The standard InChI is InChI=1S/C24H48P4.7CO.2Fe/c1-15-25(16-2)17(21(3,4)5)27-18(22(6,7)8)26-19(23(9,10)11)28(27)20(26)24(12,13)14;7*1-2;;/h19-20H,15-16H2,1-14H3;;;;;;;;;. The Balaban J connectivity index is -0.000000119. The van der Waals surface area contributed by atoms with Crippen molar-refractivity contribution in [1.29, 1.82) is 0 Å². The van der Waals surface area contributed by atoms with Gasteiger partial charge in [0.2, 0.25) is 0 Å². The topological polar surface area (TPSA) is 139 Å². The van der Waals surface area contributed by atoms with E-state index in [0.29, 0.717) is 21.7 Å². The summed E-state index contributed by atoms with van der Waals surface area (Å²) in [6.07, 6.45) is 2.77. The monoisotopic (exact) mass is 768 g/mol. The molecule has 0 aromatic heterocycles. The van der Waals surface area contributed by atoms with E-state index in [1.165, 1.54) is 12.3 Å². The smallest absolute Gasteiger partial charge is 0 e. The summed E-state index contributed by atoms with van der Waals surface area (Å²) >= 11 is 0. The van der Waals surface area contributed by atoms with E-state index in [1.54, 1.807) is 0 Å². The van der Waals surface area contributed by atoms with Gasteiger partial charge >= 0.3 is 79.1 Å². The van der Waals surface area contributed by atoms with Crippen LogP contribution in [0.15, 0.2) is 0 Å². The van der Waals surface area contributed by atoms with E-state index in [2.05, 4.69) is 154 Å². The predicted octanol–water partition coefficient (Wildman–Crippen LogP) is 9.72. The van der Waals surface area contributed by atoms with Crippen molar-refractivity contribution in [2.45, 2.75) is 108 Å². The zero-order valence-corrected chi connectivity index (χ0v) is 34.2. The Morgan fingerprint density at radius 3 is 0.977 bits per heavy atom. The van der Waals surface area contributed by atoms with E-state index in [9.17, 15) is 0 Å². The summed E-state index contributed by atoms with van der Waals surface area (Å²) in [5, 5.41) is 6.15. The fraction of sp³-hybridized carbons (Fsp3) is 0.710. The molecule has 0 amide bonds. The molecule has 3 aliphatic heterocycles. The van der Waals surface area contributed by atoms with E-state index in [-0.39, 0.29) is 64.4 Å². The molecule has 0 N–H and O–H groups in total. The SMILES string of the molecule is CCP(CC)C(=P1=C(C(C)(C)C)P2C(C(C)(C)C)P1C2C(C)(C)C)C(C)(C)C.[C-]#[O+].[C-]#[O+].[C-]#[O+].[C-]#[O+].[C-]#[O+].[C-]#[O+].[C-]#[O+].[Fe].[Fe]. The van der Waals surface area contributed by atoms with Crippen molar-refractivity contribution in [3.05, 3.63) is 46.6 Å². The Morgan fingerprint density at radius 2 is 0.818 bits per heavy atom. The largest absolute Gasteiger partial charge is 0 e. The molecule has 0 aromatic rings. The van der Waals surface area contributed by atoms with Gasteiger partial charge in [-0.2, -0.15) is 0 Å². The zero-order chi connectivity index (χ0) is 36.0. The third-order valence-electron chi connectivity index (χ3n) is 5.86. The quantitative estimate of drug-likeness (QED) is 0.117. The molecule has 1 saturated heterocycles. The number of rotatable bonds is 3. The van der Waals surface area contributed by atoms with Crippen LogP contribution in [0.4, 0.5) is 0 Å². The van der Waals surface area contributed by atoms with Gasteiger partial charge in [0.05, 0.1) is 0 Å². The van der Waals surface area contributed by atoms with Crippen molar-refractivity contribution in [2.75, 3.05) is 12.3 Å². The third-order valence-corrected chi connectivity index (χ3v) is 29.3. The van der Waals surface area contributed by atoms with Crippen molar-refractivity contribution in [1.82, 2.24) is 0 Å². The zero-order valence-electron chi connectivity index (χ0n) is 28.4. The van der Waals surface area contributed by atoms with E-state index >= 15 is 0 Å². The summed E-state index contributed by atoms with van der Waals surface area (Å²) in [6.45, 7) is 67.0. The predicted molar refractivity (Wildman–Crippen MR) is 172 cm³/mol. The third kappa shape index (κ3) is 17.6. The van der Waals surface area contributed by atoms with Crippen molar-refractivity contribution < 1.29 is 66.7 Å². The van der Waals surface area contributed by atoms with Crippen LogP contribution in [0, 0.1) is 68.2 Å². The Morgan fingerprint density at radius 1 is 0.568 bits per heavy atom. The second-order valence-electron chi connectivity index (χ2n) is 12.9. The fourth-order valence-corrected chi connectivity index (χ4v) is 37.0. The minimum atomic E-state index is -0.0377. The van der Waals surface area contributed by atoms with Gasteiger partial charge in [0.25, 0.3) is 0 Å². The van der Waals surface area contributed by atoms with Gasteiger partial charge in [-0.25, -0.2) is 0 Å². The van der Waals surface area contributed by atoms with Crippen molar-refractivity contribution in [2.24, 2.45) is 21.7 Å². The van der Waals surface area contributed by atoms with Gasteiger partial charge < -0.3 is 0 Å². The fourth-order valence-electron chi connectivity index (χ4n) is 5.11. The molecule has 3 rings (SSSR count). The van der Waals surface area contributed by atoms with Crippen molar-refractivity contribution in [3.8, 4) is 0 Å². The normalized spacial score (nSPS) is 19.9. The van der Waals surface area contributed by atoms with Crippen LogP contribution in [0.5, 0.6) is 0 Å². The van der Waals surface area contributed by atoms with Gasteiger partial charge in [-0.1, -0.05) is 120 Å². The van der Waals surface area contributed by atoms with E-state index in [1.807, 2.05) is 0 Å². The summed E-state index contributed by atoms with van der Waals surface area (Å²) in [4.78, 5) is 0. The molecule has 13 heteroatoms. The molecule has 44 heavy (non-hydrogen) atoms. The van der Waals surface area contributed by atoms with E-state index < -0.39 is 0 Å². The van der Waals surface area contributed by atoms with Gasteiger partial charge in [0.15, 0.2) is 0 Å². The van der Waals surface area contributed by atoms with Gasteiger partial charge in [-0.05, 0) is 51.7 Å². The molecular formula is C31H48Fe2O7P4. The molecule has 0 aromatic carbocycles. The molecule has 3 unspecified atom stereocenters. The molecule has 2 bridgehead atoms. The summed E-state index contributed by atoms with van der Waals surface area (Å²) in [5.74, 6) is 0. The average Bonchev–Trinajstić information content (AvgIpc) is 3.47. The maximum Gasteiger partial charge on any atom is 0 e. The van der Waals surface area contributed by atoms with Crippen LogP contribution in [0.1, 0.15) is 96.9 Å². The maximum absolute atomic E-state index is 7.50. The first kappa shape index (κ1) is 63.2. The second kappa shape index (κ2) is 30.9. The summed E-state index contributed by atoms with van der Waals surface area (Å²) in [6, 6.07) is 0. The molecular weight excluding hydrogens is 720 g/mol. The van der Waals surface area contributed by atoms with Gasteiger partial charge in [-0.3, -0.25) is 0 Å². The molecule has 7 nitrogen and oxygen atoms in total. The summed E-state index contributed by atoms with van der Waals surface area (Å²) < 4.78 is 52.5. The van der Waals surface area contributed by atoms with Gasteiger partial charge in [-0.15, -0.1) is 0 Å². The van der Waals surface area contributed by atoms with Crippen molar-refractivity contribution >= 4 is 40.4 Å². The first-order chi connectivity index (χ1) is 19.4. The Kier molecular flexibility index (Phi) is 44.4. The van der Waals surface area contributed by atoms with Gasteiger partial charge in [0.1, 0.15) is 0 Å². The molecule has 0 spiro atoms. The van der Waals surface area contributed by atoms with Crippen LogP contribution in [0.25, 0.3) is 0 Å². The summed E-state index contributed by atoms with van der Waals surface area (Å²) in [7, 11) is 0.180. The number of hydrogen-bond acceptors (Lipinski definition) is 0. The Bertz CT molecular complexity index is 923. The minimum Gasteiger partial charge on any atom is 0 e. The van der Waals surface area contributed by atoms with Gasteiger partial charge in [0, 0.05) is 44.9 Å². The van der Waals surface area contributed by atoms with E-state index in [0.717, 1.165) is 10.8 Å². The molecule has 250 valence electrons. The molecule has 3 heterocycles. The Hall–Kier alpha value is 0.549. The number of hydrogen-bond donors (Lipinski definition) is 0. The van der Waals surface area contributed by atoms with Crippen LogP contribution in [-0.2, 0) is 66.7 Å². The first-order valence-electron chi connectivity index (χ1n) is 12.7. The molecule has 0 saturated carbocycles. The molecule has 0 aliphatic carbocycles. The molecule has 3 aliphatic rings. The van der Waals surface area contributed by atoms with Crippen LogP contribution >= 0.6 is 30.3 Å². The van der Waals surface area contributed by atoms with Crippen LogP contribution in [-0.4, -0.2) is 33.2 Å². The Labute approximate surface area is 293 Å². The molecule has 0 radical (unpaired) electrons. The summed E-state index contributed by atoms with van der Waals surface area (Å²) in [5.41, 5.74) is 1.67. The minimum absolute atomic E-state index is 0. The van der Waals surface area contributed by atoms with Crippen LogP contribution in [0.2, 0.25) is 0 Å². The van der Waals surface area contributed by atoms with Crippen LogP contribution < -0.4 is 0 Å². The average molecular weight is 768 g/mol. The maximum atomic E-state index is 7.50. The first-order valence-corrected chi connectivity index (χ1v) is 19.4. The molecule has 3 atom stereocenters. The van der Waals surface area contributed by atoms with Crippen LogP contribution in [0.3, 0.4) is 0 Å². The van der Waals surface area contributed by atoms with E-state index in [4.69, 9.17) is 32.6 Å². The van der Waals surface area contributed by atoms with Crippen molar-refractivity contribution in [3.63, 3.8) is 0 Å².